The topological polar surface area (TPSA) is 84.6 Å². The molecule has 0 spiro atoms. The average molecular weight is 260 g/mol. The molecule has 0 bridgehead atoms. The van der Waals surface area contributed by atoms with E-state index >= 15 is 0 Å². The van der Waals surface area contributed by atoms with E-state index in [9.17, 15) is 9.90 Å². The van der Waals surface area contributed by atoms with Crippen molar-refractivity contribution in [1.82, 2.24) is 5.32 Å². The summed E-state index contributed by atoms with van der Waals surface area (Å²) in [5.41, 5.74) is 4.70. The molecule has 0 saturated heterocycles. The summed E-state index contributed by atoms with van der Waals surface area (Å²) >= 11 is 0. The Morgan fingerprint density at radius 1 is 1.28 bits per heavy atom. The highest BCUT2D eigenvalue weighted by molar-refractivity contribution is 5.68. The molecule has 0 aliphatic rings. The molecule has 2 unspecified atom stereocenters. The van der Waals surface area contributed by atoms with Gasteiger partial charge in [0.15, 0.2) is 0 Å². The molecule has 1 amide bonds. The van der Waals surface area contributed by atoms with Crippen LogP contribution >= 0.6 is 0 Å². The molecular weight excluding hydrogens is 232 g/mol. The largest absolute Gasteiger partial charge is 0.444 e. The van der Waals surface area contributed by atoms with Gasteiger partial charge >= 0.3 is 6.09 Å². The predicted molar refractivity (Wildman–Crippen MR) is 72.3 cm³/mol. The molecule has 5 nitrogen and oxygen atoms in total. The van der Waals surface area contributed by atoms with Gasteiger partial charge in [-0.2, -0.15) is 0 Å². The maximum Gasteiger partial charge on any atom is 0.407 e. The van der Waals surface area contributed by atoms with Crippen LogP contribution in [0.15, 0.2) is 0 Å². The standard InChI is InChI=1S/C13H28N2O3/c1-12(2,3)10(7-9(16)8-14)15-11(17)18-13(4,5)6/h9-10,16H,7-8,14H2,1-6H3,(H,15,17). The lowest BCUT2D eigenvalue weighted by Crippen LogP contribution is -2.48. The van der Waals surface area contributed by atoms with Gasteiger partial charge in [0.05, 0.1) is 6.10 Å². The van der Waals surface area contributed by atoms with E-state index in [2.05, 4.69) is 5.32 Å². The van der Waals surface area contributed by atoms with Crippen molar-refractivity contribution in [1.29, 1.82) is 0 Å². The van der Waals surface area contributed by atoms with Gasteiger partial charge in [-0.15, -0.1) is 0 Å². The first-order valence-electron chi connectivity index (χ1n) is 6.33. The Morgan fingerprint density at radius 3 is 2.11 bits per heavy atom. The second-order valence-corrected chi connectivity index (χ2v) is 6.69. The molecular formula is C13H28N2O3. The molecule has 0 heterocycles. The first kappa shape index (κ1) is 17.2. The summed E-state index contributed by atoms with van der Waals surface area (Å²) < 4.78 is 5.22. The number of ether oxygens (including phenoxy) is 1. The number of aliphatic hydroxyl groups is 1. The first-order valence-corrected chi connectivity index (χ1v) is 6.33. The smallest absolute Gasteiger partial charge is 0.407 e. The van der Waals surface area contributed by atoms with Gasteiger partial charge in [0.25, 0.3) is 0 Å². The van der Waals surface area contributed by atoms with Gasteiger partial charge in [0.1, 0.15) is 5.60 Å². The Kier molecular flexibility index (Phi) is 6.10. The number of nitrogens with two attached hydrogens (primary N) is 1. The molecule has 0 rings (SSSR count). The fourth-order valence-corrected chi connectivity index (χ4v) is 1.45. The van der Waals surface area contributed by atoms with Crippen molar-refractivity contribution in [3.63, 3.8) is 0 Å². The summed E-state index contributed by atoms with van der Waals surface area (Å²) in [6, 6.07) is -0.189. The molecule has 0 aromatic rings. The highest BCUT2D eigenvalue weighted by atomic mass is 16.6. The summed E-state index contributed by atoms with van der Waals surface area (Å²) in [5, 5.41) is 12.4. The van der Waals surface area contributed by atoms with E-state index in [0.717, 1.165) is 0 Å². The van der Waals surface area contributed by atoms with E-state index in [1.807, 2.05) is 41.5 Å². The zero-order valence-corrected chi connectivity index (χ0v) is 12.4. The molecule has 0 saturated carbocycles. The van der Waals surface area contributed by atoms with Crippen LogP contribution in [0.5, 0.6) is 0 Å². The summed E-state index contributed by atoms with van der Waals surface area (Å²) in [6.45, 7) is 11.6. The van der Waals surface area contributed by atoms with Gasteiger partial charge in [0, 0.05) is 12.6 Å². The molecule has 0 fully saturated rings. The van der Waals surface area contributed by atoms with Crippen molar-refractivity contribution >= 4 is 6.09 Å². The van der Waals surface area contributed by atoms with Crippen LogP contribution in [0.1, 0.15) is 48.0 Å². The van der Waals surface area contributed by atoms with Crippen LogP contribution in [0, 0.1) is 5.41 Å². The zero-order chi connectivity index (χ0) is 14.6. The third kappa shape index (κ3) is 7.50. The molecule has 0 aromatic heterocycles. The van der Waals surface area contributed by atoms with Crippen LogP contribution in [0.3, 0.4) is 0 Å². The van der Waals surface area contributed by atoms with Crippen molar-refractivity contribution < 1.29 is 14.6 Å². The predicted octanol–water partition coefficient (Wildman–Crippen LogP) is 1.64. The van der Waals surface area contributed by atoms with Crippen molar-refractivity contribution in [3.8, 4) is 0 Å². The molecule has 5 heteroatoms. The first-order chi connectivity index (χ1) is 7.95. The Hall–Kier alpha value is -0.810. The number of nitrogens with one attached hydrogen (secondary N) is 1. The Labute approximate surface area is 110 Å². The van der Waals surface area contributed by atoms with Crippen LogP contribution in [0.2, 0.25) is 0 Å². The summed E-state index contributed by atoms with van der Waals surface area (Å²) in [4.78, 5) is 11.7. The lowest BCUT2D eigenvalue weighted by atomic mass is 9.83. The maximum atomic E-state index is 11.7. The maximum absolute atomic E-state index is 11.7. The monoisotopic (exact) mass is 260 g/mol. The van der Waals surface area contributed by atoms with Gasteiger partial charge < -0.3 is 20.9 Å². The summed E-state index contributed by atoms with van der Waals surface area (Å²) in [5.74, 6) is 0. The Balaban J connectivity index is 4.56. The number of amides is 1. The molecule has 108 valence electrons. The number of aliphatic hydroxyl groups excluding tert-OH is 1. The van der Waals surface area contributed by atoms with Gasteiger partial charge in [-0.1, -0.05) is 20.8 Å². The van der Waals surface area contributed by atoms with Crippen LogP contribution in [0.25, 0.3) is 0 Å². The highest BCUT2D eigenvalue weighted by Crippen LogP contribution is 2.23. The molecule has 0 aromatic carbocycles. The van der Waals surface area contributed by atoms with E-state index < -0.39 is 17.8 Å². The number of rotatable bonds is 4. The number of carbonyl (C=O) groups excluding carboxylic acids is 1. The van der Waals surface area contributed by atoms with Crippen molar-refractivity contribution in [3.05, 3.63) is 0 Å². The van der Waals surface area contributed by atoms with Crippen LogP contribution in [0.4, 0.5) is 4.79 Å². The van der Waals surface area contributed by atoms with Crippen LogP contribution in [-0.2, 0) is 4.74 Å². The Bertz CT molecular complexity index is 266. The number of carbonyl (C=O) groups is 1. The molecule has 0 aliphatic carbocycles. The Morgan fingerprint density at radius 2 is 1.78 bits per heavy atom. The fraction of sp³-hybridized carbons (Fsp3) is 0.923. The minimum atomic E-state index is -0.621. The zero-order valence-electron chi connectivity index (χ0n) is 12.4. The third-order valence-corrected chi connectivity index (χ3v) is 2.52. The molecule has 2 atom stereocenters. The van der Waals surface area contributed by atoms with E-state index in [4.69, 9.17) is 10.5 Å². The lowest BCUT2D eigenvalue weighted by molar-refractivity contribution is 0.0423. The lowest BCUT2D eigenvalue weighted by Gasteiger charge is -2.33. The van der Waals surface area contributed by atoms with Gasteiger partial charge in [-0.05, 0) is 32.6 Å². The van der Waals surface area contributed by atoms with Crippen LogP contribution in [-0.4, -0.2) is 35.5 Å². The number of hydrogen-bond donors (Lipinski definition) is 3. The van der Waals surface area contributed by atoms with E-state index in [1.54, 1.807) is 0 Å². The normalized spacial score (nSPS) is 16.0. The SMILES string of the molecule is CC(C)(C)OC(=O)NC(CC(O)CN)C(C)(C)C. The second kappa shape index (κ2) is 6.38. The molecule has 18 heavy (non-hydrogen) atoms. The second-order valence-electron chi connectivity index (χ2n) is 6.69. The number of alkyl carbamates (subject to hydrolysis) is 1. The minimum Gasteiger partial charge on any atom is -0.444 e. The minimum absolute atomic E-state index is 0.174. The van der Waals surface area contributed by atoms with E-state index in [0.29, 0.717) is 6.42 Å². The van der Waals surface area contributed by atoms with Crippen LogP contribution < -0.4 is 11.1 Å². The van der Waals surface area contributed by atoms with E-state index in [-0.39, 0.29) is 18.0 Å². The van der Waals surface area contributed by atoms with Crippen molar-refractivity contribution in [2.45, 2.75) is 65.7 Å². The van der Waals surface area contributed by atoms with Gasteiger partial charge in [0.2, 0.25) is 0 Å². The average Bonchev–Trinajstić information content (AvgIpc) is 2.11. The summed E-state index contributed by atoms with van der Waals surface area (Å²) in [6.07, 6.45) is -0.671. The highest BCUT2D eigenvalue weighted by Gasteiger charge is 2.29. The quantitative estimate of drug-likeness (QED) is 0.717. The molecule has 0 radical (unpaired) electrons. The third-order valence-electron chi connectivity index (χ3n) is 2.52. The number of hydrogen-bond acceptors (Lipinski definition) is 4. The summed E-state index contributed by atoms with van der Waals surface area (Å²) in [7, 11) is 0. The molecule has 0 aliphatic heterocycles. The molecule has 4 N–H and O–H groups in total. The van der Waals surface area contributed by atoms with Crippen molar-refractivity contribution in [2.75, 3.05) is 6.54 Å². The van der Waals surface area contributed by atoms with Gasteiger partial charge in [-0.3, -0.25) is 0 Å². The van der Waals surface area contributed by atoms with E-state index in [1.165, 1.54) is 0 Å². The van der Waals surface area contributed by atoms with Gasteiger partial charge in [-0.25, -0.2) is 4.79 Å². The fourth-order valence-electron chi connectivity index (χ4n) is 1.45. The van der Waals surface area contributed by atoms with Crippen molar-refractivity contribution in [2.24, 2.45) is 11.1 Å².